The molecule has 0 amide bonds. The molecule has 0 bridgehead atoms. The largest absolute Gasteiger partial charge is 0.480 e. The molecule has 0 spiro atoms. The minimum Gasteiger partial charge on any atom is -0.480 e. The van der Waals surface area contributed by atoms with Crippen LogP contribution >= 0.6 is 23.2 Å². The number of nitro groups is 1. The zero-order valence-electron chi connectivity index (χ0n) is 14.1. The maximum atomic E-state index is 11.8. The second-order valence-electron chi connectivity index (χ2n) is 5.38. The number of hydrogen-bond acceptors (Lipinski definition) is 7. The second-order valence-corrected chi connectivity index (χ2v) is 6.23. The van der Waals surface area contributed by atoms with Crippen molar-refractivity contribution < 1.29 is 23.9 Å². The van der Waals surface area contributed by atoms with E-state index in [1.54, 1.807) is 18.2 Å². The highest BCUT2D eigenvalue weighted by Gasteiger charge is 2.16. The molecule has 0 saturated heterocycles. The Labute approximate surface area is 168 Å². The Morgan fingerprint density at radius 2 is 1.89 bits per heavy atom. The minimum atomic E-state index is -0.690. The van der Waals surface area contributed by atoms with E-state index in [0.29, 0.717) is 10.4 Å². The van der Waals surface area contributed by atoms with E-state index in [0.717, 1.165) is 0 Å². The fourth-order valence-electron chi connectivity index (χ4n) is 2.34. The summed E-state index contributed by atoms with van der Waals surface area (Å²) in [5.41, 5.74) is 0.192. The van der Waals surface area contributed by atoms with Gasteiger partial charge in [0, 0.05) is 17.3 Å². The third-order valence-electron chi connectivity index (χ3n) is 3.58. The first-order valence-corrected chi connectivity index (χ1v) is 8.59. The van der Waals surface area contributed by atoms with Gasteiger partial charge in [-0.1, -0.05) is 23.2 Å². The number of benzene rings is 2. The Morgan fingerprint density at radius 1 is 1.11 bits per heavy atom. The van der Waals surface area contributed by atoms with Crippen LogP contribution in [0.25, 0.3) is 10.9 Å². The van der Waals surface area contributed by atoms with Crippen molar-refractivity contribution in [3.05, 3.63) is 68.8 Å². The van der Waals surface area contributed by atoms with Crippen molar-refractivity contribution in [2.75, 3.05) is 13.4 Å². The molecule has 144 valence electrons. The minimum absolute atomic E-state index is 0.0966. The first-order valence-electron chi connectivity index (χ1n) is 7.84. The smallest absolute Gasteiger partial charge is 0.347 e. The molecule has 1 aromatic heterocycles. The van der Waals surface area contributed by atoms with Gasteiger partial charge in [0.2, 0.25) is 6.79 Å². The number of pyridine rings is 1. The second kappa shape index (κ2) is 8.73. The van der Waals surface area contributed by atoms with E-state index in [2.05, 4.69) is 4.98 Å². The predicted octanol–water partition coefficient (Wildman–Crippen LogP) is 4.41. The molecule has 0 unspecified atom stereocenters. The van der Waals surface area contributed by atoms with E-state index in [-0.39, 0.29) is 34.3 Å². The van der Waals surface area contributed by atoms with Gasteiger partial charge in [-0.2, -0.15) is 0 Å². The van der Waals surface area contributed by atoms with Gasteiger partial charge in [0.05, 0.1) is 15.3 Å². The van der Waals surface area contributed by atoms with Gasteiger partial charge in [0.1, 0.15) is 17.0 Å². The number of halogens is 2. The normalized spacial score (nSPS) is 10.5. The van der Waals surface area contributed by atoms with E-state index in [9.17, 15) is 14.9 Å². The number of nitrogens with zero attached hydrogens (tertiary/aromatic N) is 2. The lowest BCUT2D eigenvalue weighted by Crippen LogP contribution is -2.18. The molecule has 10 heteroatoms. The van der Waals surface area contributed by atoms with Crippen LogP contribution in [-0.2, 0) is 9.53 Å². The van der Waals surface area contributed by atoms with Crippen molar-refractivity contribution in [3.8, 4) is 11.5 Å². The summed E-state index contributed by atoms with van der Waals surface area (Å²) >= 11 is 11.7. The highest BCUT2D eigenvalue weighted by molar-refractivity contribution is 6.35. The number of esters is 1. The van der Waals surface area contributed by atoms with Crippen molar-refractivity contribution in [1.82, 2.24) is 4.98 Å². The Balaban J connectivity index is 1.58. The van der Waals surface area contributed by atoms with Gasteiger partial charge in [-0.05, 0) is 36.4 Å². The van der Waals surface area contributed by atoms with Crippen LogP contribution in [0.2, 0.25) is 10.0 Å². The first kappa shape index (κ1) is 19.7. The first-order chi connectivity index (χ1) is 13.5. The molecule has 0 aliphatic rings. The van der Waals surface area contributed by atoms with Crippen LogP contribution in [0.5, 0.6) is 11.5 Å². The Bertz CT molecular complexity index is 1040. The summed E-state index contributed by atoms with van der Waals surface area (Å²) in [6, 6.07) is 10.4. The molecular weight excluding hydrogens is 411 g/mol. The van der Waals surface area contributed by atoms with Crippen molar-refractivity contribution >= 4 is 45.8 Å². The maximum Gasteiger partial charge on any atom is 0.347 e. The fraction of sp³-hybridized carbons (Fsp3) is 0.111. The lowest BCUT2D eigenvalue weighted by Gasteiger charge is -2.10. The van der Waals surface area contributed by atoms with Crippen molar-refractivity contribution in [2.45, 2.75) is 0 Å². The summed E-state index contributed by atoms with van der Waals surface area (Å²) in [5, 5.41) is 12.1. The van der Waals surface area contributed by atoms with E-state index in [4.69, 9.17) is 37.4 Å². The molecule has 0 radical (unpaired) electrons. The molecular formula is C18H12Cl2N2O6. The summed E-state index contributed by atoms with van der Waals surface area (Å²) in [6.45, 7) is -0.802. The van der Waals surface area contributed by atoms with Crippen molar-refractivity contribution in [1.29, 1.82) is 0 Å². The van der Waals surface area contributed by atoms with Crippen LogP contribution in [0, 0.1) is 10.1 Å². The SMILES string of the molecule is O=C(COc1ccc(Cl)cc1Cl)OCOc1ccc([N+](=O)[O-])c2cccnc12. The molecule has 1 heterocycles. The predicted molar refractivity (Wildman–Crippen MR) is 102 cm³/mol. The van der Waals surface area contributed by atoms with Gasteiger partial charge < -0.3 is 14.2 Å². The highest BCUT2D eigenvalue weighted by Crippen LogP contribution is 2.31. The number of non-ortho nitro benzene ring substituents is 1. The topological polar surface area (TPSA) is 101 Å². The number of ether oxygens (including phenoxy) is 3. The van der Waals surface area contributed by atoms with Gasteiger partial charge >= 0.3 is 5.97 Å². The summed E-state index contributed by atoms with van der Waals surface area (Å²) in [4.78, 5) is 26.5. The van der Waals surface area contributed by atoms with Crippen LogP contribution < -0.4 is 9.47 Å². The van der Waals surface area contributed by atoms with Gasteiger partial charge in [-0.15, -0.1) is 0 Å². The average molecular weight is 423 g/mol. The third kappa shape index (κ3) is 4.59. The zero-order valence-corrected chi connectivity index (χ0v) is 15.6. The molecule has 0 atom stereocenters. The third-order valence-corrected chi connectivity index (χ3v) is 4.11. The quantitative estimate of drug-likeness (QED) is 0.240. The van der Waals surface area contributed by atoms with Crippen LogP contribution in [0.15, 0.2) is 48.7 Å². The lowest BCUT2D eigenvalue weighted by molar-refractivity contribution is -0.383. The Morgan fingerprint density at radius 3 is 2.64 bits per heavy atom. The molecule has 0 fully saturated rings. The van der Waals surface area contributed by atoms with E-state index in [1.165, 1.54) is 30.5 Å². The molecule has 0 N–H and O–H groups in total. The highest BCUT2D eigenvalue weighted by atomic mass is 35.5. The summed E-state index contributed by atoms with van der Waals surface area (Å²) in [5.74, 6) is -0.157. The van der Waals surface area contributed by atoms with Crippen LogP contribution in [0.1, 0.15) is 0 Å². The fourth-order valence-corrected chi connectivity index (χ4v) is 2.80. The van der Waals surface area contributed by atoms with Gasteiger partial charge in [-0.3, -0.25) is 15.1 Å². The maximum absolute atomic E-state index is 11.8. The monoisotopic (exact) mass is 422 g/mol. The number of rotatable bonds is 7. The lowest BCUT2D eigenvalue weighted by atomic mass is 10.1. The van der Waals surface area contributed by atoms with E-state index < -0.39 is 17.7 Å². The number of fused-ring (bicyclic) bond motifs is 1. The molecule has 3 rings (SSSR count). The van der Waals surface area contributed by atoms with Crippen LogP contribution in [0.4, 0.5) is 5.69 Å². The number of aromatic nitrogens is 1. The summed E-state index contributed by atoms with van der Waals surface area (Å²) in [6.07, 6.45) is 1.48. The van der Waals surface area contributed by atoms with Crippen LogP contribution in [0.3, 0.4) is 0 Å². The van der Waals surface area contributed by atoms with Gasteiger partial charge in [0.15, 0.2) is 6.61 Å². The molecule has 28 heavy (non-hydrogen) atoms. The van der Waals surface area contributed by atoms with Crippen molar-refractivity contribution in [3.63, 3.8) is 0 Å². The summed E-state index contributed by atoms with van der Waals surface area (Å²) < 4.78 is 15.6. The van der Waals surface area contributed by atoms with Crippen LogP contribution in [-0.4, -0.2) is 29.3 Å². The standard InChI is InChI=1S/C18H12Cl2N2O6/c19-11-3-5-15(13(20)8-11)26-9-17(23)28-10-27-16-6-4-14(22(24)25)12-2-1-7-21-18(12)16/h1-8H,9-10H2. The number of nitro benzene ring substituents is 1. The molecule has 3 aromatic rings. The van der Waals surface area contributed by atoms with E-state index in [1.807, 2.05) is 0 Å². The summed E-state index contributed by atoms with van der Waals surface area (Å²) in [7, 11) is 0. The number of carbonyl (C=O) groups is 1. The number of carbonyl (C=O) groups excluding carboxylic acids is 1. The van der Waals surface area contributed by atoms with Crippen molar-refractivity contribution in [2.24, 2.45) is 0 Å². The zero-order chi connectivity index (χ0) is 20.1. The number of hydrogen-bond donors (Lipinski definition) is 0. The molecule has 8 nitrogen and oxygen atoms in total. The van der Waals surface area contributed by atoms with Gasteiger partial charge in [0.25, 0.3) is 5.69 Å². The van der Waals surface area contributed by atoms with E-state index >= 15 is 0 Å². The Kier molecular flexibility index (Phi) is 6.13. The Hall–Kier alpha value is -3.10. The average Bonchev–Trinajstić information content (AvgIpc) is 2.67. The molecule has 2 aromatic carbocycles. The molecule has 0 aliphatic carbocycles. The molecule has 0 aliphatic heterocycles. The van der Waals surface area contributed by atoms with Gasteiger partial charge in [-0.25, -0.2) is 4.79 Å². The molecule has 0 saturated carbocycles.